The minimum absolute atomic E-state index is 0.405. The summed E-state index contributed by atoms with van der Waals surface area (Å²) in [5.41, 5.74) is 7.01. The van der Waals surface area contributed by atoms with Crippen LogP contribution in [0.5, 0.6) is 0 Å². The van der Waals surface area contributed by atoms with Crippen molar-refractivity contribution >= 4 is 22.9 Å². The Kier molecular flexibility index (Phi) is 1.54. The highest BCUT2D eigenvalue weighted by molar-refractivity contribution is 5.83. The molecule has 6 nitrogen and oxygen atoms in total. The van der Waals surface area contributed by atoms with Gasteiger partial charge in [0.2, 0.25) is 5.95 Å². The zero-order valence-corrected chi connectivity index (χ0v) is 7.44. The first-order valence-corrected chi connectivity index (χ1v) is 3.84. The van der Waals surface area contributed by atoms with Gasteiger partial charge in [0.15, 0.2) is 17.0 Å². The minimum Gasteiger partial charge on any atom is -0.382 e. The minimum atomic E-state index is 0.405. The van der Waals surface area contributed by atoms with Crippen LogP contribution in [0.3, 0.4) is 0 Å². The molecule has 0 aliphatic carbocycles. The number of nitrogens with two attached hydrogens (primary N) is 1. The number of aromatic nitrogens is 4. The van der Waals surface area contributed by atoms with Gasteiger partial charge in [-0.25, -0.2) is 15.0 Å². The van der Waals surface area contributed by atoms with Gasteiger partial charge in [0.25, 0.3) is 0 Å². The molecular weight excluding hydrogens is 168 g/mol. The number of hydrogen-bond acceptors (Lipinski definition) is 5. The molecule has 6 heteroatoms. The van der Waals surface area contributed by atoms with Crippen molar-refractivity contribution in [3.05, 3.63) is 6.33 Å². The van der Waals surface area contributed by atoms with E-state index in [-0.39, 0.29) is 0 Å². The first kappa shape index (κ1) is 7.78. The third-order valence-electron chi connectivity index (χ3n) is 1.91. The summed E-state index contributed by atoms with van der Waals surface area (Å²) in [4.78, 5) is 12.2. The van der Waals surface area contributed by atoms with Crippen LogP contribution in [0.4, 0.5) is 11.8 Å². The molecule has 0 unspecified atom stereocenters. The van der Waals surface area contributed by atoms with Gasteiger partial charge in [-0.3, -0.25) is 4.57 Å². The number of fused-ring (bicyclic) bond motifs is 1. The molecule has 0 aliphatic rings. The van der Waals surface area contributed by atoms with Crippen molar-refractivity contribution < 1.29 is 0 Å². The number of hydrogen-bond donors (Lipinski definition) is 2. The fraction of sp³-hybridized carbons (Fsp3) is 0.286. The van der Waals surface area contributed by atoms with Gasteiger partial charge < -0.3 is 11.1 Å². The van der Waals surface area contributed by atoms with Crippen LogP contribution >= 0.6 is 0 Å². The fourth-order valence-electron chi connectivity index (χ4n) is 1.24. The monoisotopic (exact) mass is 178 g/mol. The summed E-state index contributed by atoms with van der Waals surface area (Å²) in [5.74, 6) is 1.13. The first-order valence-electron chi connectivity index (χ1n) is 3.84. The predicted octanol–water partition coefficient (Wildman–Crippen LogP) is -0.0128. The zero-order valence-electron chi connectivity index (χ0n) is 7.44. The summed E-state index contributed by atoms with van der Waals surface area (Å²) in [6, 6.07) is 0. The van der Waals surface area contributed by atoms with Crippen LogP contribution < -0.4 is 11.1 Å². The number of nitrogen functional groups attached to an aromatic ring is 1. The van der Waals surface area contributed by atoms with Crippen molar-refractivity contribution in [3.8, 4) is 0 Å². The van der Waals surface area contributed by atoms with Gasteiger partial charge in [-0.15, -0.1) is 0 Å². The number of nitrogens with one attached hydrogen (secondary N) is 1. The van der Waals surface area contributed by atoms with Crippen molar-refractivity contribution in [2.75, 3.05) is 18.1 Å². The molecule has 0 saturated carbocycles. The molecule has 0 atom stereocenters. The molecule has 0 amide bonds. The second-order valence-electron chi connectivity index (χ2n) is 2.68. The quantitative estimate of drug-likeness (QED) is 0.641. The maximum atomic E-state index is 5.64. The van der Waals surface area contributed by atoms with E-state index in [9.17, 15) is 0 Å². The van der Waals surface area contributed by atoms with Gasteiger partial charge in [-0.1, -0.05) is 0 Å². The standard InChI is InChI=1S/C7H10N6/c1-9-7-12-4-5(8)10-3-11-6(4)13(7)2/h3H,1-2H3,(H,9,12)(H2,8,10,11). The lowest BCUT2D eigenvalue weighted by molar-refractivity contribution is 0.933. The Labute approximate surface area is 74.8 Å². The average Bonchev–Trinajstić information content (AvgIpc) is 2.45. The molecule has 2 heterocycles. The van der Waals surface area contributed by atoms with E-state index in [1.807, 2.05) is 11.6 Å². The number of imidazole rings is 1. The van der Waals surface area contributed by atoms with Crippen molar-refractivity contribution in [2.45, 2.75) is 0 Å². The molecule has 68 valence electrons. The Balaban J connectivity index is 2.83. The van der Waals surface area contributed by atoms with Crippen LogP contribution in [0.2, 0.25) is 0 Å². The fourth-order valence-corrected chi connectivity index (χ4v) is 1.24. The van der Waals surface area contributed by atoms with Gasteiger partial charge in [0.05, 0.1) is 0 Å². The van der Waals surface area contributed by atoms with Gasteiger partial charge >= 0.3 is 0 Å². The molecule has 0 saturated heterocycles. The topological polar surface area (TPSA) is 81.7 Å². The number of nitrogens with zero attached hydrogens (tertiary/aromatic N) is 4. The van der Waals surface area contributed by atoms with E-state index in [2.05, 4.69) is 20.3 Å². The van der Waals surface area contributed by atoms with E-state index in [1.54, 1.807) is 7.05 Å². The first-order chi connectivity index (χ1) is 6.24. The molecule has 0 radical (unpaired) electrons. The van der Waals surface area contributed by atoms with Gasteiger partial charge in [-0.05, 0) is 0 Å². The van der Waals surface area contributed by atoms with E-state index in [0.717, 1.165) is 11.6 Å². The molecule has 2 aromatic rings. The summed E-state index contributed by atoms with van der Waals surface area (Å²) >= 11 is 0. The SMILES string of the molecule is CNc1nc2c(N)ncnc2n1C. The lowest BCUT2D eigenvalue weighted by atomic mass is 10.5. The van der Waals surface area contributed by atoms with Crippen molar-refractivity contribution in [1.82, 2.24) is 19.5 Å². The largest absolute Gasteiger partial charge is 0.382 e. The Hall–Kier alpha value is -1.85. The molecule has 2 aromatic heterocycles. The highest BCUT2D eigenvalue weighted by Crippen LogP contribution is 2.18. The van der Waals surface area contributed by atoms with E-state index in [0.29, 0.717) is 11.3 Å². The van der Waals surface area contributed by atoms with Crippen LogP contribution in [-0.2, 0) is 7.05 Å². The third-order valence-corrected chi connectivity index (χ3v) is 1.91. The summed E-state index contributed by atoms with van der Waals surface area (Å²) in [7, 11) is 3.67. The predicted molar refractivity (Wildman–Crippen MR) is 50.3 cm³/mol. The molecule has 13 heavy (non-hydrogen) atoms. The Bertz CT molecular complexity index is 445. The van der Waals surface area contributed by atoms with Crippen LogP contribution in [0.25, 0.3) is 11.2 Å². The van der Waals surface area contributed by atoms with Crippen LogP contribution in [-0.4, -0.2) is 26.6 Å². The van der Waals surface area contributed by atoms with Gasteiger partial charge in [0, 0.05) is 14.1 Å². The van der Waals surface area contributed by atoms with Crippen LogP contribution in [0, 0.1) is 0 Å². The summed E-state index contributed by atoms with van der Waals surface area (Å²) in [6.45, 7) is 0. The van der Waals surface area contributed by atoms with Crippen LogP contribution in [0.1, 0.15) is 0 Å². The molecule has 0 spiro atoms. The lowest BCUT2D eigenvalue weighted by Crippen LogP contribution is -1.98. The Morgan fingerprint density at radius 1 is 1.46 bits per heavy atom. The molecule has 0 aromatic carbocycles. The van der Waals surface area contributed by atoms with E-state index < -0.39 is 0 Å². The molecule has 0 fully saturated rings. The van der Waals surface area contributed by atoms with Gasteiger partial charge in [0.1, 0.15) is 6.33 Å². The van der Waals surface area contributed by atoms with Crippen molar-refractivity contribution in [3.63, 3.8) is 0 Å². The average molecular weight is 178 g/mol. The van der Waals surface area contributed by atoms with Gasteiger partial charge in [-0.2, -0.15) is 0 Å². The maximum Gasteiger partial charge on any atom is 0.204 e. The van der Waals surface area contributed by atoms with Crippen molar-refractivity contribution in [2.24, 2.45) is 7.05 Å². The second-order valence-corrected chi connectivity index (χ2v) is 2.68. The normalized spacial score (nSPS) is 10.6. The molecule has 2 rings (SSSR count). The highest BCUT2D eigenvalue weighted by atomic mass is 15.2. The third kappa shape index (κ3) is 0.986. The van der Waals surface area contributed by atoms with E-state index in [4.69, 9.17) is 5.73 Å². The molecule has 0 aliphatic heterocycles. The zero-order chi connectivity index (χ0) is 9.42. The highest BCUT2D eigenvalue weighted by Gasteiger charge is 2.09. The van der Waals surface area contributed by atoms with Crippen molar-refractivity contribution in [1.29, 1.82) is 0 Å². The maximum absolute atomic E-state index is 5.64. The Morgan fingerprint density at radius 2 is 2.23 bits per heavy atom. The number of aryl methyl sites for hydroxylation is 1. The summed E-state index contributed by atoms with van der Waals surface area (Å²) in [5, 5.41) is 2.94. The summed E-state index contributed by atoms with van der Waals surface area (Å²) in [6.07, 6.45) is 1.43. The molecule has 0 bridgehead atoms. The molecule has 3 N–H and O–H groups in total. The van der Waals surface area contributed by atoms with E-state index >= 15 is 0 Å². The number of rotatable bonds is 1. The number of anilines is 2. The molecular formula is C7H10N6. The smallest absolute Gasteiger partial charge is 0.204 e. The Morgan fingerprint density at radius 3 is 2.85 bits per heavy atom. The lowest BCUT2D eigenvalue weighted by Gasteiger charge is -1.97. The van der Waals surface area contributed by atoms with Crippen LogP contribution in [0.15, 0.2) is 6.33 Å². The summed E-state index contributed by atoms with van der Waals surface area (Å²) < 4.78 is 1.83. The second kappa shape index (κ2) is 2.58. The van der Waals surface area contributed by atoms with E-state index in [1.165, 1.54) is 6.33 Å².